The summed E-state index contributed by atoms with van der Waals surface area (Å²) in [7, 11) is 0. The van der Waals surface area contributed by atoms with Gasteiger partial charge in [-0.2, -0.15) is 0 Å². The molecule has 3 rings (SSSR count). The van der Waals surface area contributed by atoms with E-state index in [9.17, 15) is 4.79 Å². The zero-order valence-corrected chi connectivity index (χ0v) is 6.84. The molecule has 2 bridgehead atoms. The fourth-order valence-electron chi connectivity index (χ4n) is 2.48. The van der Waals surface area contributed by atoms with Gasteiger partial charge in [0.05, 0.1) is 0 Å². The van der Waals surface area contributed by atoms with Crippen molar-refractivity contribution < 1.29 is 4.79 Å². The van der Waals surface area contributed by atoms with Gasteiger partial charge in [-0.25, -0.2) is 0 Å². The summed E-state index contributed by atoms with van der Waals surface area (Å²) < 4.78 is 0. The van der Waals surface area contributed by atoms with Crippen molar-refractivity contribution in [3.63, 3.8) is 0 Å². The van der Waals surface area contributed by atoms with Gasteiger partial charge in [0.2, 0.25) is 5.91 Å². The van der Waals surface area contributed by atoms with Gasteiger partial charge in [-0.3, -0.25) is 4.79 Å². The molecule has 1 saturated carbocycles. The standard InChI is InChI=1S/C9H13NO/c1-3-8(11)10-6-7-4-9(10,2)5-7/h3,7H,1,4-6H2,2H3. The van der Waals surface area contributed by atoms with E-state index in [0.29, 0.717) is 0 Å². The molecule has 1 aliphatic carbocycles. The fraction of sp³-hybridized carbons (Fsp3) is 0.667. The van der Waals surface area contributed by atoms with Crippen LogP contribution in [0.4, 0.5) is 0 Å². The Morgan fingerprint density at radius 1 is 1.73 bits per heavy atom. The van der Waals surface area contributed by atoms with Crippen LogP contribution < -0.4 is 0 Å². The largest absolute Gasteiger partial charge is 0.333 e. The topological polar surface area (TPSA) is 20.3 Å². The van der Waals surface area contributed by atoms with E-state index in [1.165, 1.54) is 18.9 Å². The Labute approximate surface area is 66.9 Å². The van der Waals surface area contributed by atoms with E-state index in [0.717, 1.165) is 12.5 Å². The van der Waals surface area contributed by atoms with Gasteiger partial charge in [0.15, 0.2) is 0 Å². The van der Waals surface area contributed by atoms with E-state index in [1.54, 1.807) is 0 Å². The number of carbonyl (C=O) groups excluding carboxylic acids is 1. The van der Waals surface area contributed by atoms with Crippen molar-refractivity contribution in [3.8, 4) is 0 Å². The number of nitrogens with zero attached hydrogens (tertiary/aromatic N) is 1. The minimum Gasteiger partial charge on any atom is -0.333 e. The van der Waals surface area contributed by atoms with E-state index in [2.05, 4.69) is 13.5 Å². The molecule has 1 amide bonds. The van der Waals surface area contributed by atoms with Crippen LogP contribution in [0, 0.1) is 5.92 Å². The molecule has 0 aromatic carbocycles. The average molecular weight is 151 g/mol. The van der Waals surface area contributed by atoms with Crippen LogP contribution in [0.3, 0.4) is 0 Å². The Balaban J connectivity index is 2.17. The monoisotopic (exact) mass is 151 g/mol. The summed E-state index contributed by atoms with van der Waals surface area (Å²) in [6.07, 6.45) is 3.82. The molecule has 2 nitrogen and oxygen atoms in total. The van der Waals surface area contributed by atoms with Crippen molar-refractivity contribution in [2.45, 2.75) is 25.3 Å². The first-order valence-corrected chi connectivity index (χ1v) is 4.10. The van der Waals surface area contributed by atoms with Crippen LogP contribution in [0.25, 0.3) is 0 Å². The van der Waals surface area contributed by atoms with Gasteiger partial charge in [-0.05, 0) is 31.8 Å². The minimum atomic E-state index is 0.104. The highest BCUT2D eigenvalue weighted by molar-refractivity contribution is 5.88. The quantitative estimate of drug-likeness (QED) is 0.515. The molecule has 0 aromatic rings. The third-order valence-corrected chi connectivity index (χ3v) is 2.99. The first kappa shape index (κ1) is 6.89. The molecule has 2 aliphatic heterocycles. The Hall–Kier alpha value is -0.790. The molecule has 3 fully saturated rings. The molecule has 3 aliphatic rings. The third-order valence-electron chi connectivity index (χ3n) is 2.99. The predicted octanol–water partition coefficient (Wildman–Crippen LogP) is 1.18. The summed E-state index contributed by atoms with van der Waals surface area (Å²) in [5.41, 5.74) is 0.190. The number of fused-ring (bicyclic) bond motifs is 1. The smallest absolute Gasteiger partial charge is 0.246 e. The lowest BCUT2D eigenvalue weighted by Gasteiger charge is -2.38. The lowest BCUT2D eigenvalue weighted by atomic mass is 9.75. The lowest BCUT2D eigenvalue weighted by molar-refractivity contribution is -0.128. The highest BCUT2D eigenvalue weighted by Crippen LogP contribution is 2.49. The van der Waals surface area contributed by atoms with Gasteiger partial charge in [0.25, 0.3) is 0 Å². The van der Waals surface area contributed by atoms with E-state index in [-0.39, 0.29) is 11.4 Å². The van der Waals surface area contributed by atoms with Crippen molar-refractivity contribution in [2.75, 3.05) is 6.54 Å². The molecule has 2 saturated heterocycles. The van der Waals surface area contributed by atoms with Crippen molar-refractivity contribution in [2.24, 2.45) is 5.92 Å². The van der Waals surface area contributed by atoms with Crippen LogP contribution in [-0.4, -0.2) is 22.9 Å². The molecule has 2 heterocycles. The van der Waals surface area contributed by atoms with Crippen LogP contribution in [0.2, 0.25) is 0 Å². The van der Waals surface area contributed by atoms with E-state index < -0.39 is 0 Å². The molecule has 0 aromatic heterocycles. The maximum absolute atomic E-state index is 11.3. The second kappa shape index (κ2) is 1.87. The van der Waals surface area contributed by atoms with Gasteiger partial charge < -0.3 is 4.90 Å². The Morgan fingerprint density at radius 2 is 2.36 bits per heavy atom. The van der Waals surface area contributed by atoms with Crippen molar-refractivity contribution in [3.05, 3.63) is 12.7 Å². The summed E-state index contributed by atoms with van der Waals surface area (Å²) in [5.74, 6) is 0.886. The molecule has 0 N–H and O–H groups in total. The van der Waals surface area contributed by atoms with Crippen LogP contribution in [0.1, 0.15) is 19.8 Å². The van der Waals surface area contributed by atoms with Gasteiger partial charge in [0.1, 0.15) is 0 Å². The molecule has 0 atom stereocenters. The Kier molecular flexibility index (Phi) is 1.17. The van der Waals surface area contributed by atoms with Gasteiger partial charge in [0, 0.05) is 12.1 Å². The number of hydrogen-bond acceptors (Lipinski definition) is 1. The number of rotatable bonds is 1. The molecule has 11 heavy (non-hydrogen) atoms. The minimum absolute atomic E-state index is 0.104. The molecule has 0 radical (unpaired) electrons. The molecular formula is C9H13NO. The highest BCUT2D eigenvalue weighted by atomic mass is 16.2. The highest BCUT2D eigenvalue weighted by Gasteiger charge is 2.53. The molecular weight excluding hydrogens is 138 g/mol. The van der Waals surface area contributed by atoms with Crippen LogP contribution in [-0.2, 0) is 4.79 Å². The van der Waals surface area contributed by atoms with E-state index in [4.69, 9.17) is 0 Å². The van der Waals surface area contributed by atoms with Crippen molar-refractivity contribution >= 4 is 5.91 Å². The van der Waals surface area contributed by atoms with Gasteiger partial charge in [-0.15, -0.1) is 0 Å². The molecule has 0 unspecified atom stereocenters. The summed E-state index contributed by atoms with van der Waals surface area (Å²) in [4.78, 5) is 13.2. The summed E-state index contributed by atoms with van der Waals surface area (Å²) in [6, 6.07) is 0. The first-order valence-electron chi connectivity index (χ1n) is 4.10. The summed E-state index contributed by atoms with van der Waals surface area (Å²) >= 11 is 0. The summed E-state index contributed by atoms with van der Waals surface area (Å²) in [6.45, 7) is 6.62. The zero-order valence-electron chi connectivity index (χ0n) is 6.84. The maximum Gasteiger partial charge on any atom is 0.246 e. The second-order valence-electron chi connectivity index (χ2n) is 3.92. The second-order valence-corrected chi connectivity index (χ2v) is 3.92. The number of carbonyl (C=O) groups is 1. The maximum atomic E-state index is 11.3. The van der Waals surface area contributed by atoms with Gasteiger partial charge in [-0.1, -0.05) is 6.58 Å². The van der Waals surface area contributed by atoms with Gasteiger partial charge >= 0.3 is 0 Å². The molecule has 0 spiro atoms. The summed E-state index contributed by atoms with van der Waals surface area (Å²) in [5, 5.41) is 0. The van der Waals surface area contributed by atoms with Crippen LogP contribution in [0.5, 0.6) is 0 Å². The van der Waals surface area contributed by atoms with Crippen LogP contribution in [0.15, 0.2) is 12.7 Å². The lowest BCUT2D eigenvalue weighted by Crippen LogP contribution is -2.44. The SMILES string of the molecule is C=CC(=O)N1CC2CC1(C)C2. The number of hydrogen-bond donors (Lipinski definition) is 0. The van der Waals surface area contributed by atoms with Crippen LogP contribution >= 0.6 is 0 Å². The average Bonchev–Trinajstić information content (AvgIpc) is 2.38. The van der Waals surface area contributed by atoms with E-state index >= 15 is 0 Å². The van der Waals surface area contributed by atoms with E-state index in [1.807, 2.05) is 4.90 Å². The molecule has 2 heteroatoms. The third kappa shape index (κ3) is 0.753. The number of amides is 1. The fourth-order valence-corrected chi connectivity index (χ4v) is 2.48. The zero-order chi connectivity index (χ0) is 8.06. The van der Waals surface area contributed by atoms with Crippen molar-refractivity contribution in [1.82, 2.24) is 4.90 Å². The Bertz CT molecular complexity index is 216. The predicted molar refractivity (Wildman–Crippen MR) is 43.0 cm³/mol. The first-order chi connectivity index (χ1) is 5.15. The van der Waals surface area contributed by atoms with Crippen molar-refractivity contribution in [1.29, 1.82) is 0 Å². The Morgan fingerprint density at radius 3 is 2.73 bits per heavy atom. The molecule has 60 valence electrons. The normalized spacial score (nSPS) is 40.1.